The van der Waals surface area contributed by atoms with Gasteiger partial charge in [0.2, 0.25) is 0 Å². The standard InChI is InChI=1S/C14H9NO3S/c15-8-9-1-4-11(5-2-9)19-13-6-3-10(16)7-12(13)14(17)18/h1-7,16H,(H,17,18). The van der Waals surface area contributed by atoms with E-state index in [0.29, 0.717) is 10.5 Å². The maximum absolute atomic E-state index is 11.1. The van der Waals surface area contributed by atoms with Gasteiger partial charge in [0.15, 0.2) is 0 Å². The number of aromatic carboxylic acids is 1. The Labute approximate surface area is 113 Å². The largest absolute Gasteiger partial charge is 0.508 e. The molecule has 0 fully saturated rings. The smallest absolute Gasteiger partial charge is 0.336 e. The van der Waals surface area contributed by atoms with Crippen molar-refractivity contribution in [2.45, 2.75) is 9.79 Å². The molecule has 5 heteroatoms. The number of carboxylic acids is 1. The van der Waals surface area contributed by atoms with Gasteiger partial charge in [-0.05, 0) is 42.5 Å². The summed E-state index contributed by atoms with van der Waals surface area (Å²) in [7, 11) is 0. The third-order valence-electron chi connectivity index (χ3n) is 2.40. The molecule has 2 aromatic rings. The summed E-state index contributed by atoms with van der Waals surface area (Å²) in [6.07, 6.45) is 0. The maximum atomic E-state index is 11.1. The molecule has 0 aromatic heterocycles. The highest BCUT2D eigenvalue weighted by Gasteiger charge is 2.12. The third-order valence-corrected chi connectivity index (χ3v) is 3.49. The molecular formula is C14H9NO3S. The molecule has 19 heavy (non-hydrogen) atoms. The van der Waals surface area contributed by atoms with Crippen LogP contribution in [0.15, 0.2) is 52.3 Å². The van der Waals surface area contributed by atoms with Crippen molar-refractivity contribution < 1.29 is 15.0 Å². The molecule has 94 valence electrons. The number of hydrogen-bond acceptors (Lipinski definition) is 4. The van der Waals surface area contributed by atoms with Crippen molar-refractivity contribution in [3.8, 4) is 11.8 Å². The van der Waals surface area contributed by atoms with Crippen LogP contribution in [0.2, 0.25) is 0 Å². The van der Waals surface area contributed by atoms with Crippen molar-refractivity contribution in [3.05, 3.63) is 53.6 Å². The highest BCUT2D eigenvalue weighted by atomic mass is 32.2. The van der Waals surface area contributed by atoms with Crippen LogP contribution in [0.3, 0.4) is 0 Å². The van der Waals surface area contributed by atoms with Gasteiger partial charge in [-0.2, -0.15) is 5.26 Å². The predicted octanol–water partition coefficient (Wildman–Crippen LogP) is 3.11. The molecule has 0 heterocycles. The number of rotatable bonds is 3. The van der Waals surface area contributed by atoms with Crippen molar-refractivity contribution in [2.24, 2.45) is 0 Å². The summed E-state index contributed by atoms with van der Waals surface area (Å²) in [5.41, 5.74) is 0.600. The number of phenols is 1. The molecule has 0 unspecified atom stereocenters. The van der Waals surface area contributed by atoms with Crippen LogP contribution in [0.4, 0.5) is 0 Å². The first kappa shape index (κ1) is 13.0. The summed E-state index contributed by atoms with van der Waals surface area (Å²) < 4.78 is 0. The van der Waals surface area contributed by atoms with Crippen LogP contribution in [-0.4, -0.2) is 16.2 Å². The van der Waals surface area contributed by atoms with Crippen molar-refractivity contribution in [3.63, 3.8) is 0 Å². The second-order valence-corrected chi connectivity index (χ2v) is 4.84. The predicted molar refractivity (Wildman–Crippen MR) is 70.3 cm³/mol. The number of nitrogens with zero attached hydrogens (tertiary/aromatic N) is 1. The van der Waals surface area contributed by atoms with Gasteiger partial charge in [0, 0.05) is 9.79 Å². The van der Waals surface area contributed by atoms with Gasteiger partial charge in [0.05, 0.1) is 17.2 Å². The average molecular weight is 271 g/mol. The lowest BCUT2D eigenvalue weighted by atomic mass is 10.2. The SMILES string of the molecule is N#Cc1ccc(Sc2ccc(O)cc2C(=O)O)cc1. The second-order valence-electron chi connectivity index (χ2n) is 3.72. The highest BCUT2D eigenvalue weighted by molar-refractivity contribution is 7.99. The highest BCUT2D eigenvalue weighted by Crippen LogP contribution is 2.32. The van der Waals surface area contributed by atoms with Gasteiger partial charge >= 0.3 is 5.97 Å². The van der Waals surface area contributed by atoms with Crippen LogP contribution in [0.25, 0.3) is 0 Å². The summed E-state index contributed by atoms with van der Waals surface area (Å²) in [6, 6.07) is 13.1. The first-order valence-electron chi connectivity index (χ1n) is 5.34. The van der Waals surface area contributed by atoms with Crippen LogP contribution in [0.1, 0.15) is 15.9 Å². The molecule has 2 aromatic carbocycles. The number of phenolic OH excluding ortho intramolecular Hbond substituents is 1. The summed E-state index contributed by atoms with van der Waals surface area (Å²) in [4.78, 5) is 12.5. The zero-order valence-corrected chi connectivity index (χ0v) is 10.5. The molecule has 0 bridgehead atoms. The molecule has 4 nitrogen and oxygen atoms in total. The fraction of sp³-hybridized carbons (Fsp3) is 0. The maximum Gasteiger partial charge on any atom is 0.336 e. The quantitative estimate of drug-likeness (QED) is 0.896. The van der Waals surface area contributed by atoms with Gasteiger partial charge in [-0.3, -0.25) is 0 Å². The number of hydrogen-bond donors (Lipinski definition) is 2. The summed E-state index contributed by atoms with van der Waals surface area (Å²) >= 11 is 1.27. The van der Waals surface area contributed by atoms with Crippen molar-refractivity contribution in [1.82, 2.24) is 0 Å². The monoisotopic (exact) mass is 271 g/mol. The van der Waals surface area contributed by atoms with Crippen LogP contribution < -0.4 is 0 Å². The Hall–Kier alpha value is -2.45. The minimum atomic E-state index is -1.09. The van der Waals surface area contributed by atoms with E-state index in [1.807, 2.05) is 6.07 Å². The molecular weight excluding hydrogens is 262 g/mol. The van der Waals surface area contributed by atoms with Crippen LogP contribution in [-0.2, 0) is 0 Å². The molecule has 0 saturated heterocycles. The molecule has 0 aliphatic rings. The van der Waals surface area contributed by atoms with E-state index in [9.17, 15) is 9.90 Å². The Bertz CT molecular complexity index is 659. The lowest BCUT2D eigenvalue weighted by molar-refractivity contribution is 0.0692. The van der Waals surface area contributed by atoms with Crippen LogP contribution in [0, 0.1) is 11.3 Å². The van der Waals surface area contributed by atoms with Gasteiger partial charge in [-0.15, -0.1) is 0 Å². The summed E-state index contributed by atoms with van der Waals surface area (Å²) in [5.74, 6) is -1.17. The Morgan fingerprint density at radius 2 is 1.84 bits per heavy atom. The Kier molecular flexibility index (Phi) is 3.74. The van der Waals surface area contributed by atoms with E-state index in [0.717, 1.165) is 4.90 Å². The van der Waals surface area contributed by atoms with E-state index in [-0.39, 0.29) is 11.3 Å². The molecule has 0 radical (unpaired) electrons. The van der Waals surface area contributed by atoms with E-state index in [2.05, 4.69) is 0 Å². The summed E-state index contributed by atoms with van der Waals surface area (Å²) in [5, 5.41) is 27.1. The van der Waals surface area contributed by atoms with Crippen LogP contribution >= 0.6 is 11.8 Å². The Balaban J connectivity index is 2.32. The van der Waals surface area contributed by atoms with Crippen molar-refractivity contribution in [2.75, 3.05) is 0 Å². The van der Waals surface area contributed by atoms with E-state index < -0.39 is 5.97 Å². The lowest BCUT2D eigenvalue weighted by Gasteiger charge is -2.06. The molecule has 0 saturated carbocycles. The lowest BCUT2D eigenvalue weighted by Crippen LogP contribution is -1.98. The van der Waals surface area contributed by atoms with E-state index in [4.69, 9.17) is 10.4 Å². The second kappa shape index (κ2) is 5.46. The van der Waals surface area contributed by atoms with Gasteiger partial charge in [0.1, 0.15) is 5.75 Å². The fourth-order valence-corrected chi connectivity index (χ4v) is 2.42. The van der Waals surface area contributed by atoms with Gasteiger partial charge in [-0.1, -0.05) is 11.8 Å². The van der Waals surface area contributed by atoms with Crippen molar-refractivity contribution in [1.29, 1.82) is 5.26 Å². The van der Waals surface area contributed by atoms with Gasteiger partial charge < -0.3 is 10.2 Å². The molecule has 0 atom stereocenters. The van der Waals surface area contributed by atoms with E-state index in [1.54, 1.807) is 30.3 Å². The molecule has 0 amide bonds. The van der Waals surface area contributed by atoms with E-state index in [1.165, 1.54) is 23.9 Å². The number of carbonyl (C=O) groups is 1. The molecule has 2 rings (SSSR count). The number of nitriles is 1. The number of aromatic hydroxyl groups is 1. The molecule has 2 N–H and O–H groups in total. The van der Waals surface area contributed by atoms with Gasteiger partial charge in [0.25, 0.3) is 0 Å². The summed E-state index contributed by atoms with van der Waals surface area (Å²) in [6.45, 7) is 0. The number of benzene rings is 2. The zero-order chi connectivity index (χ0) is 13.8. The minimum absolute atomic E-state index is 0.0503. The topological polar surface area (TPSA) is 81.3 Å². The Morgan fingerprint density at radius 1 is 1.16 bits per heavy atom. The fourth-order valence-electron chi connectivity index (χ4n) is 1.50. The first-order valence-corrected chi connectivity index (χ1v) is 6.16. The average Bonchev–Trinajstić information content (AvgIpc) is 2.41. The van der Waals surface area contributed by atoms with Crippen molar-refractivity contribution >= 4 is 17.7 Å². The zero-order valence-electron chi connectivity index (χ0n) is 9.70. The Morgan fingerprint density at radius 3 is 2.42 bits per heavy atom. The molecule has 0 aliphatic carbocycles. The normalized spacial score (nSPS) is 9.84. The molecule has 0 aliphatic heterocycles. The minimum Gasteiger partial charge on any atom is -0.508 e. The molecule has 0 spiro atoms. The third kappa shape index (κ3) is 3.06. The van der Waals surface area contributed by atoms with Gasteiger partial charge in [-0.25, -0.2) is 4.79 Å². The first-order chi connectivity index (χ1) is 9.10. The van der Waals surface area contributed by atoms with Crippen LogP contribution in [0.5, 0.6) is 5.75 Å². The van der Waals surface area contributed by atoms with E-state index >= 15 is 0 Å². The number of carboxylic acid groups (broad SMARTS) is 1.